The predicted molar refractivity (Wildman–Crippen MR) is 81.2 cm³/mol. The van der Waals surface area contributed by atoms with Crippen molar-refractivity contribution in [2.75, 3.05) is 20.7 Å². The molecule has 0 N–H and O–H groups in total. The van der Waals surface area contributed by atoms with Crippen LogP contribution in [-0.4, -0.2) is 41.4 Å². The lowest BCUT2D eigenvalue weighted by Crippen LogP contribution is -2.23. The number of hydrogen-bond acceptors (Lipinski definition) is 4. The van der Waals surface area contributed by atoms with Crippen LogP contribution >= 0.6 is 0 Å². The number of benzene rings is 1. The maximum atomic E-state index is 11.7. The highest BCUT2D eigenvalue weighted by Gasteiger charge is 2.20. The van der Waals surface area contributed by atoms with Gasteiger partial charge in [-0.3, -0.25) is 4.79 Å². The minimum Gasteiger partial charge on any atom is -0.466 e. The first kappa shape index (κ1) is 15.3. The van der Waals surface area contributed by atoms with Gasteiger partial charge in [-0.1, -0.05) is 18.2 Å². The Balaban J connectivity index is 2.18. The van der Waals surface area contributed by atoms with Crippen LogP contribution in [0.25, 0.3) is 5.69 Å². The van der Waals surface area contributed by atoms with Crippen LogP contribution in [0.15, 0.2) is 42.7 Å². The molecule has 112 valence electrons. The van der Waals surface area contributed by atoms with Gasteiger partial charge in [0.1, 0.15) is 0 Å². The number of rotatable bonds is 6. The first-order valence-corrected chi connectivity index (χ1v) is 7.04. The summed E-state index contributed by atoms with van der Waals surface area (Å²) in [5.41, 5.74) is 1.99. The van der Waals surface area contributed by atoms with Gasteiger partial charge in [0.25, 0.3) is 0 Å². The van der Waals surface area contributed by atoms with Gasteiger partial charge in [-0.15, -0.1) is 0 Å². The monoisotopic (exact) mass is 287 g/mol. The summed E-state index contributed by atoms with van der Waals surface area (Å²) in [6, 6.07) is 9.86. The van der Waals surface area contributed by atoms with Crippen molar-refractivity contribution in [2.45, 2.75) is 19.4 Å². The number of aromatic nitrogens is 2. The highest BCUT2D eigenvalue weighted by molar-refractivity contribution is 5.70. The number of nitrogens with zero attached hydrogens (tertiary/aromatic N) is 3. The van der Waals surface area contributed by atoms with Crippen molar-refractivity contribution in [3.05, 3.63) is 48.3 Å². The third-order valence-electron chi connectivity index (χ3n) is 3.30. The third-order valence-corrected chi connectivity index (χ3v) is 3.30. The molecule has 0 aliphatic heterocycles. The van der Waals surface area contributed by atoms with Crippen LogP contribution in [0.4, 0.5) is 0 Å². The molecule has 1 atom stereocenters. The maximum Gasteiger partial charge on any atom is 0.307 e. The second-order valence-corrected chi connectivity index (χ2v) is 5.04. The van der Waals surface area contributed by atoms with Crippen molar-refractivity contribution in [3.8, 4) is 5.69 Å². The van der Waals surface area contributed by atoms with Crippen molar-refractivity contribution in [3.63, 3.8) is 0 Å². The van der Waals surface area contributed by atoms with Crippen molar-refractivity contribution < 1.29 is 9.53 Å². The van der Waals surface area contributed by atoms with E-state index in [0.717, 1.165) is 11.3 Å². The number of carbonyl (C=O) groups excluding carboxylic acids is 1. The van der Waals surface area contributed by atoms with Crippen LogP contribution in [0.1, 0.15) is 24.9 Å². The summed E-state index contributed by atoms with van der Waals surface area (Å²) >= 11 is 0. The molecule has 1 heterocycles. The first-order valence-electron chi connectivity index (χ1n) is 7.04. The zero-order chi connectivity index (χ0) is 15.2. The van der Waals surface area contributed by atoms with Gasteiger partial charge in [0.15, 0.2) is 0 Å². The molecule has 2 rings (SSSR count). The zero-order valence-corrected chi connectivity index (χ0v) is 12.7. The maximum absolute atomic E-state index is 11.7. The summed E-state index contributed by atoms with van der Waals surface area (Å²) in [4.78, 5) is 13.7. The summed E-state index contributed by atoms with van der Waals surface area (Å²) in [7, 11) is 3.90. The first-order chi connectivity index (χ1) is 10.1. The molecule has 1 aromatic carbocycles. The summed E-state index contributed by atoms with van der Waals surface area (Å²) in [5.74, 6) is -0.191. The minimum atomic E-state index is -0.191. The van der Waals surface area contributed by atoms with Crippen LogP contribution in [0.3, 0.4) is 0 Å². The van der Waals surface area contributed by atoms with E-state index in [0.29, 0.717) is 13.0 Å². The fourth-order valence-electron chi connectivity index (χ4n) is 2.21. The largest absolute Gasteiger partial charge is 0.466 e. The van der Waals surface area contributed by atoms with E-state index in [4.69, 9.17) is 4.74 Å². The Morgan fingerprint density at radius 3 is 2.67 bits per heavy atom. The van der Waals surface area contributed by atoms with Gasteiger partial charge in [-0.2, -0.15) is 5.10 Å². The van der Waals surface area contributed by atoms with E-state index in [1.54, 1.807) is 6.20 Å². The van der Waals surface area contributed by atoms with Gasteiger partial charge in [0.2, 0.25) is 0 Å². The SMILES string of the molecule is CCOC(=O)CC(c1cnn(-c2ccccc2)c1)N(C)C. The fourth-order valence-corrected chi connectivity index (χ4v) is 2.21. The fraction of sp³-hybridized carbons (Fsp3) is 0.375. The number of carbonyl (C=O) groups is 1. The Kier molecular flexibility index (Phi) is 5.11. The van der Waals surface area contributed by atoms with Crippen molar-refractivity contribution in [1.29, 1.82) is 0 Å². The molecule has 0 fully saturated rings. The molecule has 0 saturated heterocycles. The lowest BCUT2D eigenvalue weighted by molar-refractivity contribution is -0.144. The van der Waals surface area contributed by atoms with Gasteiger partial charge < -0.3 is 9.64 Å². The van der Waals surface area contributed by atoms with Gasteiger partial charge >= 0.3 is 5.97 Å². The van der Waals surface area contributed by atoms with Crippen LogP contribution in [-0.2, 0) is 9.53 Å². The zero-order valence-electron chi connectivity index (χ0n) is 12.7. The number of esters is 1. The standard InChI is InChI=1S/C16H21N3O2/c1-4-21-16(20)10-15(18(2)3)13-11-17-19(12-13)14-8-6-5-7-9-14/h5-9,11-12,15H,4,10H2,1-3H3. The molecule has 0 bridgehead atoms. The molecule has 0 spiro atoms. The second kappa shape index (κ2) is 7.04. The van der Waals surface area contributed by atoms with Crippen LogP contribution in [0.5, 0.6) is 0 Å². The van der Waals surface area contributed by atoms with E-state index < -0.39 is 0 Å². The summed E-state index contributed by atoms with van der Waals surface area (Å²) in [6.07, 6.45) is 4.08. The minimum absolute atomic E-state index is 0.0403. The molecule has 1 aromatic heterocycles. The molecule has 2 aromatic rings. The third kappa shape index (κ3) is 3.92. The Hall–Kier alpha value is -2.14. The lowest BCUT2D eigenvalue weighted by Gasteiger charge is -2.22. The molecule has 5 nitrogen and oxygen atoms in total. The van der Waals surface area contributed by atoms with E-state index in [1.807, 2.05) is 67.1 Å². The van der Waals surface area contributed by atoms with Crippen LogP contribution in [0, 0.1) is 0 Å². The van der Waals surface area contributed by atoms with Gasteiger partial charge in [0, 0.05) is 17.8 Å². The molecule has 5 heteroatoms. The summed E-state index contributed by atoms with van der Waals surface area (Å²) < 4.78 is 6.86. The Bertz CT molecular complexity index is 578. The smallest absolute Gasteiger partial charge is 0.307 e. The van der Waals surface area contributed by atoms with Gasteiger partial charge in [-0.05, 0) is 33.2 Å². The van der Waals surface area contributed by atoms with Crippen LogP contribution < -0.4 is 0 Å². The van der Waals surface area contributed by atoms with E-state index in [-0.39, 0.29) is 12.0 Å². The van der Waals surface area contributed by atoms with E-state index in [9.17, 15) is 4.79 Å². The average molecular weight is 287 g/mol. The highest BCUT2D eigenvalue weighted by atomic mass is 16.5. The van der Waals surface area contributed by atoms with Crippen molar-refractivity contribution in [2.24, 2.45) is 0 Å². The number of ether oxygens (including phenoxy) is 1. The molecule has 0 aliphatic carbocycles. The predicted octanol–water partition coefficient (Wildman–Crippen LogP) is 2.43. The van der Waals surface area contributed by atoms with Gasteiger partial charge in [-0.25, -0.2) is 4.68 Å². The highest BCUT2D eigenvalue weighted by Crippen LogP contribution is 2.23. The second-order valence-electron chi connectivity index (χ2n) is 5.04. The van der Waals surface area contributed by atoms with Crippen LogP contribution in [0.2, 0.25) is 0 Å². The Morgan fingerprint density at radius 1 is 1.33 bits per heavy atom. The molecule has 1 unspecified atom stereocenters. The molecule has 21 heavy (non-hydrogen) atoms. The summed E-state index contributed by atoms with van der Waals surface area (Å²) in [5, 5.41) is 4.38. The Labute approximate surface area is 125 Å². The quantitative estimate of drug-likeness (QED) is 0.766. The average Bonchev–Trinajstić information content (AvgIpc) is 2.95. The molecule has 0 saturated carbocycles. The van der Waals surface area contributed by atoms with Crippen molar-refractivity contribution in [1.82, 2.24) is 14.7 Å². The normalized spacial score (nSPS) is 12.4. The lowest BCUT2D eigenvalue weighted by atomic mass is 10.1. The molecule has 0 radical (unpaired) electrons. The topological polar surface area (TPSA) is 47.4 Å². The van der Waals surface area contributed by atoms with E-state index >= 15 is 0 Å². The van der Waals surface area contributed by atoms with Gasteiger partial charge in [0.05, 0.1) is 24.9 Å². The molecule has 0 aliphatic rings. The Morgan fingerprint density at radius 2 is 2.05 bits per heavy atom. The molecule has 0 amide bonds. The number of hydrogen-bond donors (Lipinski definition) is 0. The number of para-hydroxylation sites is 1. The van der Waals surface area contributed by atoms with Crippen molar-refractivity contribution >= 4 is 5.97 Å². The molecular weight excluding hydrogens is 266 g/mol. The van der Waals surface area contributed by atoms with E-state index in [1.165, 1.54) is 0 Å². The summed E-state index contributed by atoms with van der Waals surface area (Å²) in [6.45, 7) is 2.22. The molecular formula is C16H21N3O2. The van der Waals surface area contributed by atoms with E-state index in [2.05, 4.69) is 5.10 Å².